The Morgan fingerprint density at radius 3 is 2.71 bits per heavy atom. The topological polar surface area (TPSA) is 33.1 Å². The quantitative estimate of drug-likeness (QED) is 0.905. The van der Waals surface area contributed by atoms with E-state index in [4.69, 9.17) is 0 Å². The van der Waals surface area contributed by atoms with Gasteiger partial charge in [-0.15, -0.1) is 0 Å². The highest BCUT2D eigenvalue weighted by Gasteiger charge is 2.13. The Labute approximate surface area is 117 Å². The van der Waals surface area contributed by atoms with Gasteiger partial charge < -0.3 is 5.11 Å². The molecule has 0 aliphatic heterocycles. The summed E-state index contributed by atoms with van der Waals surface area (Å²) >= 11 is 6.85. The van der Waals surface area contributed by atoms with E-state index in [0.29, 0.717) is 6.42 Å². The van der Waals surface area contributed by atoms with Gasteiger partial charge in [0.25, 0.3) is 0 Å². The van der Waals surface area contributed by atoms with Gasteiger partial charge in [-0.05, 0) is 35.9 Å². The molecular formula is C13H11Br2NO. The number of aromatic nitrogens is 1. The first-order valence-corrected chi connectivity index (χ1v) is 6.78. The van der Waals surface area contributed by atoms with Crippen molar-refractivity contribution in [2.75, 3.05) is 0 Å². The van der Waals surface area contributed by atoms with Crippen LogP contribution in [0.15, 0.2) is 51.5 Å². The number of hydrogen-bond acceptors (Lipinski definition) is 2. The van der Waals surface area contributed by atoms with E-state index >= 15 is 0 Å². The number of rotatable bonds is 3. The summed E-state index contributed by atoms with van der Waals surface area (Å²) in [5.41, 5.74) is 1.75. The molecule has 17 heavy (non-hydrogen) atoms. The number of pyridine rings is 1. The third-order valence-corrected chi connectivity index (χ3v) is 3.66. The lowest BCUT2D eigenvalue weighted by atomic mass is 10.0. The van der Waals surface area contributed by atoms with Gasteiger partial charge in [-0.1, -0.05) is 37.9 Å². The second kappa shape index (κ2) is 5.76. The highest BCUT2D eigenvalue weighted by atomic mass is 79.9. The van der Waals surface area contributed by atoms with Crippen LogP contribution in [-0.2, 0) is 6.42 Å². The van der Waals surface area contributed by atoms with Crippen LogP contribution in [0, 0.1) is 0 Å². The lowest BCUT2D eigenvalue weighted by molar-refractivity contribution is 0.176. The molecule has 0 amide bonds. The molecule has 0 saturated carbocycles. The zero-order valence-electron chi connectivity index (χ0n) is 8.98. The fraction of sp³-hybridized carbons (Fsp3) is 0.154. The van der Waals surface area contributed by atoms with Crippen molar-refractivity contribution in [2.45, 2.75) is 12.5 Å². The van der Waals surface area contributed by atoms with Gasteiger partial charge >= 0.3 is 0 Å². The van der Waals surface area contributed by atoms with Gasteiger partial charge in [-0.3, -0.25) is 4.98 Å². The second-order valence-corrected chi connectivity index (χ2v) is 5.48. The van der Waals surface area contributed by atoms with Crippen molar-refractivity contribution in [3.63, 3.8) is 0 Å². The van der Waals surface area contributed by atoms with Crippen LogP contribution in [0.2, 0.25) is 0 Å². The zero-order valence-corrected chi connectivity index (χ0v) is 12.1. The van der Waals surface area contributed by atoms with Crippen molar-refractivity contribution in [3.05, 3.63) is 62.8 Å². The summed E-state index contributed by atoms with van der Waals surface area (Å²) in [7, 11) is 0. The van der Waals surface area contributed by atoms with Crippen LogP contribution in [0.25, 0.3) is 0 Å². The molecule has 1 N–H and O–H groups in total. The normalized spacial score (nSPS) is 12.4. The summed E-state index contributed by atoms with van der Waals surface area (Å²) in [6, 6.07) is 11.5. The average molecular weight is 357 g/mol. The summed E-state index contributed by atoms with van der Waals surface area (Å²) in [5, 5.41) is 10.2. The Bertz CT molecular complexity index is 502. The standard InChI is InChI=1S/C13H11Br2NO/c14-9-4-5-12(15)11(7-9)13(17)8-10-3-1-2-6-16-10/h1-7,13,17H,8H2. The minimum Gasteiger partial charge on any atom is -0.388 e. The number of aliphatic hydroxyl groups excluding tert-OH is 1. The molecule has 1 aromatic carbocycles. The van der Waals surface area contributed by atoms with E-state index in [-0.39, 0.29) is 0 Å². The molecule has 0 spiro atoms. The van der Waals surface area contributed by atoms with Crippen LogP contribution in [0.4, 0.5) is 0 Å². The van der Waals surface area contributed by atoms with Gasteiger partial charge in [0.1, 0.15) is 0 Å². The minimum absolute atomic E-state index is 0.510. The van der Waals surface area contributed by atoms with Crippen molar-refractivity contribution in [1.82, 2.24) is 4.98 Å². The Morgan fingerprint density at radius 1 is 1.18 bits per heavy atom. The number of benzene rings is 1. The molecule has 0 saturated heterocycles. The Hall–Kier alpha value is -0.710. The average Bonchev–Trinajstić information content (AvgIpc) is 2.33. The van der Waals surface area contributed by atoms with E-state index in [1.54, 1.807) is 6.20 Å². The molecule has 1 aromatic heterocycles. The molecule has 88 valence electrons. The van der Waals surface area contributed by atoms with Gasteiger partial charge in [0.2, 0.25) is 0 Å². The first-order valence-electron chi connectivity index (χ1n) is 5.20. The largest absolute Gasteiger partial charge is 0.388 e. The van der Waals surface area contributed by atoms with Crippen molar-refractivity contribution < 1.29 is 5.11 Å². The van der Waals surface area contributed by atoms with Crippen LogP contribution < -0.4 is 0 Å². The Balaban J connectivity index is 2.20. The fourth-order valence-electron chi connectivity index (χ4n) is 1.60. The first-order chi connectivity index (χ1) is 8.16. The molecule has 1 unspecified atom stereocenters. The second-order valence-electron chi connectivity index (χ2n) is 3.71. The molecule has 0 bridgehead atoms. The molecule has 2 nitrogen and oxygen atoms in total. The predicted octanol–water partition coefficient (Wildman–Crippen LogP) is 3.88. The smallest absolute Gasteiger partial charge is 0.0856 e. The molecule has 4 heteroatoms. The van der Waals surface area contributed by atoms with Crippen LogP contribution >= 0.6 is 31.9 Å². The summed E-state index contributed by atoms with van der Waals surface area (Å²) in [6.45, 7) is 0. The molecule has 1 heterocycles. The Morgan fingerprint density at radius 2 is 2.00 bits per heavy atom. The van der Waals surface area contributed by atoms with Gasteiger partial charge in [0.15, 0.2) is 0 Å². The molecular weight excluding hydrogens is 346 g/mol. The maximum Gasteiger partial charge on any atom is 0.0856 e. The molecule has 0 radical (unpaired) electrons. The molecule has 0 fully saturated rings. The lowest BCUT2D eigenvalue weighted by Crippen LogP contribution is -2.04. The van der Waals surface area contributed by atoms with E-state index in [0.717, 1.165) is 20.2 Å². The maximum absolute atomic E-state index is 10.2. The number of nitrogens with zero attached hydrogens (tertiary/aromatic N) is 1. The SMILES string of the molecule is OC(Cc1ccccn1)c1cc(Br)ccc1Br. The predicted molar refractivity (Wildman–Crippen MR) is 74.7 cm³/mol. The number of hydrogen-bond donors (Lipinski definition) is 1. The maximum atomic E-state index is 10.2. The van der Waals surface area contributed by atoms with Crippen molar-refractivity contribution >= 4 is 31.9 Å². The van der Waals surface area contributed by atoms with E-state index in [1.165, 1.54) is 0 Å². The van der Waals surface area contributed by atoms with Gasteiger partial charge in [0, 0.05) is 27.3 Å². The highest BCUT2D eigenvalue weighted by molar-refractivity contribution is 9.11. The number of halogens is 2. The molecule has 1 atom stereocenters. The zero-order chi connectivity index (χ0) is 12.3. The van der Waals surface area contributed by atoms with E-state index in [2.05, 4.69) is 36.8 Å². The highest BCUT2D eigenvalue weighted by Crippen LogP contribution is 2.28. The fourth-order valence-corrected chi connectivity index (χ4v) is 2.49. The molecule has 2 rings (SSSR count). The van der Waals surface area contributed by atoms with Crippen molar-refractivity contribution in [1.29, 1.82) is 0 Å². The Kier molecular flexibility index (Phi) is 4.31. The van der Waals surface area contributed by atoms with Crippen LogP contribution in [-0.4, -0.2) is 10.1 Å². The van der Waals surface area contributed by atoms with Gasteiger partial charge in [-0.2, -0.15) is 0 Å². The van der Waals surface area contributed by atoms with Crippen LogP contribution in [0.3, 0.4) is 0 Å². The van der Waals surface area contributed by atoms with Gasteiger partial charge in [0.05, 0.1) is 6.10 Å². The van der Waals surface area contributed by atoms with E-state index in [9.17, 15) is 5.11 Å². The summed E-state index contributed by atoms with van der Waals surface area (Å²) < 4.78 is 1.86. The lowest BCUT2D eigenvalue weighted by Gasteiger charge is -2.12. The summed E-state index contributed by atoms with van der Waals surface area (Å²) in [6.07, 6.45) is 1.69. The number of aliphatic hydroxyl groups is 1. The monoisotopic (exact) mass is 355 g/mol. The molecule has 0 aliphatic carbocycles. The van der Waals surface area contributed by atoms with Crippen molar-refractivity contribution in [3.8, 4) is 0 Å². The van der Waals surface area contributed by atoms with E-state index < -0.39 is 6.10 Å². The molecule has 0 aliphatic rings. The van der Waals surface area contributed by atoms with Gasteiger partial charge in [-0.25, -0.2) is 0 Å². The van der Waals surface area contributed by atoms with Crippen molar-refractivity contribution in [2.24, 2.45) is 0 Å². The first kappa shape index (κ1) is 12.7. The summed E-state index contributed by atoms with van der Waals surface area (Å²) in [4.78, 5) is 4.21. The third kappa shape index (κ3) is 3.37. The van der Waals surface area contributed by atoms with E-state index in [1.807, 2.05) is 36.4 Å². The third-order valence-electron chi connectivity index (χ3n) is 2.45. The minimum atomic E-state index is -0.559. The summed E-state index contributed by atoms with van der Waals surface area (Å²) in [5.74, 6) is 0. The van der Waals surface area contributed by atoms with Crippen LogP contribution in [0.5, 0.6) is 0 Å². The van der Waals surface area contributed by atoms with Crippen LogP contribution in [0.1, 0.15) is 17.4 Å². The molecule has 2 aromatic rings.